The zero-order valence-electron chi connectivity index (χ0n) is 11.3. The van der Waals surface area contributed by atoms with E-state index < -0.39 is 30.0 Å². The predicted molar refractivity (Wildman–Crippen MR) is 72.4 cm³/mol. The summed E-state index contributed by atoms with van der Waals surface area (Å²) in [7, 11) is 0. The molecule has 0 spiro atoms. The van der Waals surface area contributed by atoms with Gasteiger partial charge in [-0.1, -0.05) is 29.8 Å². The van der Waals surface area contributed by atoms with Crippen molar-refractivity contribution >= 4 is 17.6 Å². The highest BCUT2D eigenvalue weighted by Gasteiger charge is 2.51. The quantitative estimate of drug-likeness (QED) is 0.927. The van der Waals surface area contributed by atoms with E-state index in [-0.39, 0.29) is 13.1 Å². The molecule has 1 heterocycles. The van der Waals surface area contributed by atoms with Gasteiger partial charge in [-0.05, 0) is 18.6 Å². The van der Waals surface area contributed by atoms with E-state index in [1.807, 2.05) is 0 Å². The number of benzene rings is 1. The summed E-state index contributed by atoms with van der Waals surface area (Å²) < 4.78 is 37.7. The summed E-state index contributed by atoms with van der Waals surface area (Å²) in [6.45, 7) is 0.223. The Kier molecular flexibility index (Phi) is 4.22. The van der Waals surface area contributed by atoms with Gasteiger partial charge >= 0.3 is 12.1 Å². The molecule has 1 fully saturated rings. The zero-order chi connectivity index (χ0) is 15.8. The summed E-state index contributed by atoms with van der Waals surface area (Å²) in [5.41, 5.74) is -0.718. The lowest BCUT2D eigenvalue weighted by atomic mass is 9.76. The van der Waals surface area contributed by atoms with Gasteiger partial charge in [0.25, 0.3) is 0 Å². The van der Waals surface area contributed by atoms with Crippen molar-refractivity contribution in [2.75, 3.05) is 19.6 Å². The fourth-order valence-corrected chi connectivity index (χ4v) is 3.16. The molecule has 0 aromatic heterocycles. The van der Waals surface area contributed by atoms with Crippen LogP contribution < -0.4 is 0 Å². The minimum absolute atomic E-state index is 0.0199. The SMILES string of the molecule is C[C@]1(C(=O)O)CN(CC(F)(F)F)C[C@H]1c1ccccc1Cl. The molecule has 2 atom stereocenters. The van der Waals surface area contributed by atoms with Gasteiger partial charge in [0.15, 0.2) is 0 Å². The molecule has 3 nitrogen and oxygen atoms in total. The average Bonchev–Trinajstić information content (AvgIpc) is 2.65. The molecule has 1 aliphatic heterocycles. The van der Waals surface area contributed by atoms with E-state index in [4.69, 9.17) is 11.6 Å². The zero-order valence-corrected chi connectivity index (χ0v) is 12.1. The molecule has 0 aliphatic carbocycles. The Balaban J connectivity index is 2.34. The third-order valence-electron chi connectivity index (χ3n) is 3.93. The van der Waals surface area contributed by atoms with Crippen LogP contribution in [-0.4, -0.2) is 41.8 Å². The summed E-state index contributed by atoms with van der Waals surface area (Å²) in [6, 6.07) is 6.69. The molecule has 1 saturated heterocycles. The largest absolute Gasteiger partial charge is 0.481 e. The van der Waals surface area contributed by atoms with Crippen molar-refractivity contribution in [3.05, 3.63) is 34.9 Å². The van der Waals surface area contributed by atoms with Gasteiger partial charge in [-0.2, -0.15) is 13.2 Å². The minimum atomic E-state index is -4.35. The van der Waals surface area contributed by atoms with Crippen LogP contribution in [0.4, 0.5) is 13.2 Å². The highest BCUT2D eigenvalue weighted by Crippen LogP contribution is 2.45. The second-order valence-electron chi connectivity index (χ2n) is 5.58. The van der Waals surface area contributed by atoms with E-state index in [2.05, 4.69) is 0 Å². The first-order valence-electron chi connectivity index (χ1n) is 6.40. The summed E-state index contributed by atoms with van der Waals surface area (Å²) in [5.74, 6) is -1.69. The Labute approximate surface area is 125 Å². The van der Waals surface area contributed by atoms with Gasteiger partial charge in [0.2, 0.25) is 0 Å². The number of likely N-dealkylation sites (tertiary alicyclic amines) is 1. The van der Waals surface area contributed by atoms with Crippen molar-refractivity contribution in [1.82, 2.24) is 4.90 Å². The van der Waals surface area contributed by atoms with Crippen LogP contribution in [0.15, 0.2) is 24.3 Å². The van der Waals surface area contributed by atoms with Crippen LogP contribution in [0.25, 0.3) is 0 Å². The second-order valence-corrected chi connectivity index (χ2v) is 5.99. The first kappa shape index (κ1) is 16.1. The third kappa shape index (κ3) is 3.32. The highest BCUT2D eigenvalue weighted by atomic mass is 35.5. The number of carbonyl (C=O) groups is 1. The molecule has 0 radical (unpaired) electrons. The van der Waals surface area contributed by atoms with Crippen molar-refractivity contribution in [3.63, 3.8) is 0 Å². The molecule has 0 saturated carbocycles. The molecule has 1 aromatic carbocycles. The number of nitrogens with zero attached hydrogens (tertiary/aromatic N) is 1. The maximum atomic E-state index is 12.6. The molecule has 21 heavy (non-hydrogen) atoms. The topological polar surface area (TPSA) is 40.5 Å². The standard InChI is InChI=1S/C14H15ClF3NO2/c1-13(12(20)21)7-19(8-14(16,17)18)6-10(13)9-4-2-3-5-11(9)15/h2-5,10H,6-8H2,1H3,(H,20,21)/t10-,13-/m0/s1. The lowest BCUT2D eigenvalue weighted by Gasteiger charge is -2.26. The fraction of sp³-hybridized carbons (Fsp3) is 0.500. The van der Waals surface area contributed by atoms with Gasteiger partial charge in [0, 0.05) is 24.0 Å². The molecule has 0 bridgehead atoms. The second kappa shape index (κ2) is 5.50. The van der Waals surface area contributed by atoms with Crippen LogP contribution in [0.1, 0.15) is 18.4 Å². The first-order chi connectivity index (χ1) is 9.63. The molecule has 1 N–H and O–H groups in total. The van der Waals surface area contributed by atoms with Gasteiger partial charge < -0.3 is 5.11 Å². The van der Waals surface area contributed by atoms with Crippen molar-refractivity contribution in [1.29, 1.82) is 0 Å². The van der Waals surface area contributed by atoms with E-state index in [1.54, 1.807) is 24.3 Å². The molecule has 1 aromatic rings. The lowest BCUT2D eigenvalue weighted by molar-refractivity contribution is -0.152. The summed E-state index contributed by atoms with van der Waals surface area (Å²) >= 11 is 6.08. The molecule has 116 valence electrons. The third-order valence-corrected chi connectivity index (χ3v) is 4.28. The summed E-state index contributed by atoms with van der Waals surface area (Å²) in [5, 5.41) is 9.84. The Morgan fingerprint density at radius 1 is 1.48 bits per heavy atom. The Hall–Kier alpha value is -1.27. The predicted octanol–water partition coefficient (Wildman–Crippen LogP) is 3.39. The van der Waals surface area contributed by atoms with E-state index in [1.165, 1.54) is 6.92 Å². The minimum Gasteiger partial charge on any atom is -0.481 e. The van der Waals surface area contributed by atoms with Crippen molar-refractivity contribution in [3.8, 4) is 0 Å². The summed E-state index contributed by atoms with van der Waals surface area (Å²) in [4.78, 5) is 12.7. The van der Waals surface area contributed by atoms with E-state index in [9.17, 15) is 23.1 Å². The fourth-order valence-electron chi connectivity index (χ4n) is 2.89. The number of hydrogen-bond acceptors (Lipinski definition) is 2. The maximum Gasteiger partial charge on any atom is 0.401 e. The monoisotopic (exact) mass is 321 g/mol. The molecule has 2 rings (SSSR count). The van der Waals surface area contributed by atoms with Gasteiger partial charge in [-0.15, -0.1) is 0 Å². The normalized spacial score (nSPS) is 27.0. The van der Waals surface area contributed by atoms with Crippen LogP contribution in [0.5, 0.6) is 0 Å². The molecule has 0 amide bonds. The van der Waals surface area contributed by atoms with Crippen molar-refractivity contribution < 1.29 is 23.1 Å². The number of hydrogen-bond donors (Lipinski definition) is 1. The average molecular weight is 322 g/mol. The van der Waals surface area contributed by atoms with E-state index in [0.717, 1.165) is 4.90 Å². The van der Waals surface area contributed by atoms with Crippen LogP contribution in [0.2, 0.25) is 5.02 Å². The van der Waals surface area contributed by atoms with Crippen LogP contribution >= 0.6 is 11.6 Å². The van der Waals surface area contributed by atoms with Crippen molar-refractivity contribution in [2.24, 2.45) is 5.41 Å². The number of alkyl halides is 3. The highest BCUT2D eigenvalue weighted by molar-refractivity contribution is 6.31. The van der Waals surface area contributed by atoms with Gasteiger partial charge in [-0.3, -0.25) is 9.69 Å². The number of aliphatic carboxylic acids is 1. The molecular weight excluding hydrogens is 307 g/mol. The number of halogens is 4. The number of carboxylic acids is 1. The maximum absolute atomic E-state index is 12.6. The summed E-state index contributed by atoms with van der Waals surface area (Å²) in [6.07, 6.45) is -4.35. The van der Waals surface area contributed by atoms with Gasteiger partial charge in [0.1, 0.15) is 0 Å². The number of rotatable bonds is 3. The van der Waals surface area contributed by atoms with Crippen LogP contribution in [0, 0.1) is 5.41 Å². The Bertz CT molecular complexity index is 549. The molecule has 0 unspecified atom stereocenters. The molecule has 7 heteroatoms. The van der Waals surface area contributed by atoms with Crippen LogP contribution in [0.3, 0.4) is 0 Å². The first-order valence-corrected chi connectivity index (χ1v) is 6.78. The Morgan fingerprint density at radius 3 is 2.62 bits per heavy atom. The van der Waals surface area contributed by atoms with E-state index >= 15 is 0 Å². The molecule has 1 aliphatic rings. The molecular formula is C14H15ClF3NO2. The van der Waals surface area contributed by atoms with Gasteiger partial charge in [0.05, 0.1) is 12.0 Å². The smallest absolute Gasteiger partial charge is 0.401 e. The van der Waals surface area contributed by atoms with E-state index in [0.29, 0.717) is 10.6 Å². The van der Waals surface area contributed by atoms with Gasteiger partial charge in [-0.25, -0.2) is 0 Å². The number of carboxylic acid groups (broad SMARTS) is 1. The Morgan fingerprint density at radius 2 is 2.10 bits per heavy atom. The lowest BCUT2D eigenvalue weighted by Crippen LogP contribution is -2.37. The van der Waals surface area contributed by atoms with Crippen molar-refractivity contribution in [2.45, 2.75) is 19.0 Å². The van der Waals surface area contributed by atoms with Crippen LogP contribution in [-0.2, 0) is 4.79 Å².